The number of benzene rings is 1. The van der Waals surface area contributed by atoms with Crippen LogP contribution >= 0.6 is 34.5 Å². The maximum Gasteiger partial charge on any atom is 0.266 e. The van der Waals surface area contributed by atoms with Crippen LogP contribution in [0.15, 0.2) is 29.8 Å². The summed E-state index contributed by atoms with van der Waals surface area (Å²) in [7, 11) is 0. The van der Waals surface area contributed by atoms with Gasteiger partial charge in [-0.3, -0.25) is 10.1 Å². The quantitative estimate of drug-likeness (QED) is 0.931. The molecular weight excluding hydrogens is 307 g/mol. The van der Waals surface area contributed by atoms with Crippen LogP contribution in [0.25, 0.3) is 0 Å². The van der Waals surface area contributed by atoms with Crippen molar-refractivity contribution in [1.29, 1.82) is 0 Å². The van der Waals surface area contributed by atoms with Crippen LogP contribution in [-0.4, -0.2) is 17.0 Å². The molecule has 0 bridgehead atoms. The van der Waals surface area contributed by atoms with Crippen LogP contribution in [0, 0.1) is 0 Å². The lowest BCUT2D eigenvalue weighted by Gasteiger charge is -2.15. The number of ether oxygens (including phenoxy) is 1. The molecule has 0 aliphatic rings. The second-order valence-corrected chi connectivity index (χ2v) is 5.32. The first-order valence-electron chi connectivity index (χ1n) is 5.39. The second-order valence-electron chi connectivity index (χ2n) is 3.64. The van der Waals surface area contributed by atoms with Crippen molar-refractivity contribution in [2.24, 2.45) is 0 Å². The molecule has 0 radical (unpaired) electrons. The molecule has 4 nitrogen and oxygen atoms in total. The van der Waals surface area contributed by atoms with Crippen molar-refractivity contribution in [2.45, 2.75) is 13.0 Å². The molecule has 1 amide bonds. The zero-order valence-corrected chi connectivity index (χ0v) is 12.2. The highest BCUT2D eigenvalue weighted by atomic mass is 35.5. The second kappa shape index (κ2) is 6.23. The molecule has 0 aliphatic carbocycles. The monoisotopic (exact) mass is 316 g/mol. The third kappa shape index (κ3) is 3.59. The molecule has 100 valence electrons. The number of thiazole rings is 1. The van der Waals surface area contributed by atoms with Crippen LogP contribution in [0.5, 0.6) is 5.75 Å². The Kier molecular flexibility index (Phi) is 4.63. The number of halogens is 2. The zero-order valence-electron chi connectivity index (χ0n) is 9.89. The number of anilines is 1. The van der Waals surface area contributed by atoms with Crippen molar-refractivity contribution >= 4 is 45.6 Å². The summed E-state index contributed by atoms with van der Waals surface area (Å²) >= 11 is 13.2. The molecule has 0 saturated carbocycles. The number of rotatable bonds is 4. The molecule has 1 N–H and O–H groups in total. The number of hydrogen-bond donors (Lipinski definition) is 1. The number of nitrogens with one attached hydrogen (secondary N) is 1. The summed E-state index contributed by atoms with van der Waals surface area (Å²) in [5.74, 6) is 0.0712. The van der Waals surface area contributed by atoms with E-state index in [-0.39, 0.29) is 10.9 Å². The standard InChI is InChI=1S/C12H10Cl2N2O2S/c1-7(11(17)16-12-15-5-6-19-12)18-9-4-2-3-8(13)10(9)14/h2-7H,1H3,(H,15,16,17)/t7-/m1/s1. The fraction of sp³-hybridized carbons (Fsp3) is 0.167. The van der Waals surface area contributed by atoms with Gasteiger partial charge in [-0.1, -0.05) is 29.3 Å². The van der Waals surface area contributed by atoms with Gasteiger partial charge in [-0.05, 0) is 19.1 Å². The number of carbonyl (C=O) groups is 1. The van der Waals surface area contributed by atoms with Crippen LogP contribution in [0.2, 0.25) is 10.0 Å². The van der Waals surface area contributed by atoms with Crippen molar-refractivity contribution in [2.75, 3.05) is 5.32 Å². The summed E-state index contributed by atoms with van der Waals surface area (Å²) in [5, 5.41) is 5.61. The Morgan fingerprint density at radius 2 is 2.26 bits per heavy atom. The van der Waals surface area contributed by atoms with E-state index in [1.165, 1.54) is 11.3 Å². The molecule has 1 aromatic heterocycles. The zero-order chi connectivity index (χ0) is 13.8. The van der Waals surface area contributed by atoms with E-state index in [0.29, 0.717) is 15.9 Å². The smallest absolute Gasteiger partial charge is 0.266 e. The van der Waals surface area contributed by atoms with E-state index in [1.807, 2.05) is 0 Å². The molecule has 0 saturated heterocycles. The van der Waals surface area contributed by atoms with Gasteiger partial charge >= 0.3 is 0 Å². The van der Waals surface area contributed by atoms with Crippen molar-refractivity contribution in [1.82, 2.24) is 4.98 Å². The minimum Gasteiger partial charge on any atom is -0.479 e. The van der Waals surface area contributed by atoms with E-state index < -0.39 is 6.10 Å². The van der Waals surface area contributed by atoms with E-state index in [4.69, 9.17) is 27.9 Å². The van der Waals surface area contributed by atoms with Crippen molar-refractivity contribution in [3.63, 3.8) is 0 Å². The Morgan fingerprint density at radius 3 is 2.95 bits per heavy atom. The molecule has 0 aliphatic heterocycles. The third-order valence-electron chi connectivity index (χ3n) is 2.25. The Balaban J connectivity index is 2.02. The van der Waals surface area contributed by atoms with Crippen LogP contribution in [0.3, 0.4) is 0 Å². The highest BCUT2D eigenvalue weighted by molar-refractivity contribution is 7.13. The Morgan fingerprint density at radius 1 is 1.47 bits per heavy atom. The van der Waals surface area contributed by atoms with Gasteiger partial charge in [0.2, 0.25) is 0 Å². The Bertz CT molecular complexity index is 575. The molecule has 0 unspecified atom stereocenters. The van der Waals surface area contributed by atoms with Crippen LogP contribution in [0.4, 0.5) is 5.13 Å². The third-order valence-corrected chi connectivity index (χ3v) is 3.74. The van der Waals surface area contributed by atoms with Gasteiger partial charge in [-0.15, -0.1) is 11.3 Å². The van der Waals surface area contributed by atoms with Crippen LogP contribution in [0.1, 0.15) is 6.92 Å². The van der Waals surface area contributed by atoms with Crippen molar-refractivity contribution in [3.8, 4) is 5.75 Å². The SMILES string of the molecule is C[C@@H](Oc1cccc(Cl)c1Cl)C(=O)Nc1nccs1. The van der Waals surface area contributed by atoms with Gasteiger partial charge < -0.3 is 4.74 Å². The van der Waals surface area contributed by atoms with Crippen molar-refractivity contribution in [3.05, 3.63) is 39.8 Å². The van der Waals surface area contributed by atoms with E-state index in [0.717, 1.165) is 0 Å². The molecule has 1 atom stereocenters. The predicted octanol–water partition coefficient (Wildman–Crippen LogP) is 3.86. The topological polar surface area (TPSA) is 51.2 Å². The van der Waals surface area contributed by atoms with Gasteiger partial charge in [-0.2, -0.15) is 0 Å². The number of amides is 1. The largest absolute Gasteiger partial charge is 0.479 e. The molecule has 2 rings (SSSR count). The molecule has 1 aromatic carbocycles. The molecule has 7 heteroatoms. The lowest BCUT2D eigenvalue weighted by molar-refractivity contribution is -0.122. The van der Waals surface area contributed by atoms with Gasteiger partial charge in [0.25, 0.3) is 5.91 Å². The number of hydrogen-bond acceptors (Lipinski definition) is 4. The number of nitrogens with zero attached hydrogens (tertiary/aromatic N) is 1. The van der Waals surface area contributed by atoms with E-state index >= 15 is 0 Å². The van der Waals surface area contributed by atoms with Gasteiger partial charge in [-0.25, -0.2) is 4.98 Å². The molecule has 2 aromatic rings. The molecular formula is C12H10Cl2N2O2S. The van der Waals surface area contributed by atoms with Crippen molar-refractivity contribution < 1.29 is 9.53 Å². The summed E-state index contributed by atoms with van der Waals surface area (Å²) in [6, 6.07) is 5.01. The summed E-state index contributed by atoms with van der Waals surface area (Å²) in [6.07, 6.45) is 0.902. The van der Waals surface area contributed by atoms with Gasteiger partial charge in [0.15, 0.2) is 11.2 Å². The number of aromatic nitrogens is 1. The maximum atomic E-state index is 11.9. The fourth-order valence-corrected chi connectivity index (χ4v) is 2.18. The summed E-state index contributed by atoms with van der Waals surface area (Å²) in [4.78, 5) is 15.8. The number of carbonyl (C=O) groups excluding carboxylic acids is 1. The fourth-order valence-electron chi connectivity index (χ4n) is 1.31. The van der Waals surface area contributed by atoms with Gasteiger partial charge in [0.1, 0.15) is 10.8 Å². The summed E-state index contributed by atoms with van der Waals surface area (Å²) < 4.78 is 5.48. The Hall–Kier alpha value is -1.30. The lowest BCUT2D eigenvalue weighted by atomic mass is 10.3. The highest BCUT2D eigenvalue weighted by Gasteiger charge is 2.17. The summed E-state index contributed by atoms with van der Waals surface area (Å²) in [6.45, 7) is 1.63. The Labute approximate surface area is 124 Å². The summed E-state index contributed by atoms with van der Waals surface area (Å²) in [5.41, 5.74) is 0. The minimum atomic E-state index is -0.708. The van der Waals surface area contributed by atoms with E-state index in [9.17, 15) is 4.79 Å². The predicted molar refractivity (Wildman–Crippen MR) is 77.3 cm³/mol. The first kappa shape index (κ1) is 14.1. The molecule has 0 spiro atoms. The van der Waals surface area contributed by atoms with Gasteiger partial charge in [0, 0.05) is 11.6 Å². The minimum absolute atomic E-state index is 0.290. The first-order chi connectivity index (χ1) is 9.08. The molecule has 0 fully saturated rings. The van der Waals surface area contributed by atoms with Crippen LogP contribution in [-0.2, 0) is 4.79 Å². The van der Waals surface area contributed by atoms with E-state index in [2.05, 4.69) is 10.3 Å². The normalized spacial score (nSPS) is 11.9. The highest BCUT2D eigenvalue weighted by Crippen LogP contribution is 2.32. The average molecular weight is 317 g/mol. The average Bonchev–Trinajstić information content (AvgIpc) is 2.87. The molecule has 19 heavy (non-hydrogen) atoms. The first-order valence-corrected chi connectivity index (χ1v) is 7.02. The van der Waals surface area contributed by atoms with Crippen LogP contribution < -0.4 is 10.1 Å². The van der Waals surface area contributed by atoms with E-state index in [1.54, 1.807) is 36.7 Å². The molecule has 1 heterocycles. The maximum absolute atomic E-state index is 11.9. The van der Waals surface area contributed by atoms with Gasteiger partial charge in [0.05, 0.1) is 5.02 Å². The lowest BCUT2D eigenvalue weighted by Crippen LogP contribution is -2.30.